The molecule has 0 aromatic heterocycles. The van der Waals surface area contributed by atoms with Crippen molar-refractivity contribution in [2.45, 2.75) is 62.3 Å². The number of likely N-dealkylation sites (tertiary alicyclic amines) is 1. The van der Waals surface area contributed by atoms with Gasteiger partial charge >= 0.3 is 0 Å². The average Bonchev–Trinajstić information content (AvgIpc) is 3.21. The number of amides is 5. The lowest BCUT2D eigenvalue weighted by Gasteiger charge is -2.32. The van der Waals surface area contributed by atoms with Crippen LogP contribution < -0.4 is 10.6 Å². The highest BCUT2D eigenvalue weighted by molar-refractivity contribution is 7.81. The van der Waals surface area contributed by atoms with E-state index >= 15 is 0 Å². The minimum atomic E-state index is -0.796. The van der Waals surface area contributed by atoms with Gasteiger partial charge in [0.2, 0.25) is 17.7 Å². The van der Waals surface area contributed by atoms with E-state index in [0.29, 0.717) is 56.2 Å². The Morgan fingerprint density at radius 1 is 0.935 bits per heavy atom. The highest BCUT2D eigenvalue weighted by Gasteiger charge is 2.40. The van der Waals surface area contributed by atoms with Gasteiger partial charge in [-0.1, -0.05) is 73.2 Å². The summed E-state index contributed by atoms with van der Waals surface area (Å²) in [5.74, 6) is -1.07. The van der Waals surface area contributed by atoms with Crippen LogP contribution in [0.25, 0.3) is 0 Å². The van der Waals surface area contributed by atoms with E-state index in [0.717, 1.165) is 12.0 Å². The Labute approximate surface area is 275 Å². The van der Waals surface area contributed by atoms with Crippen LogP contribution in [0.4, 0.5) is 0 Å². The monoisotopic (exact) mass is 642 g/mol. The van der Waals surface area contributed by atoms with Gasteiger partial charge in [0.15, 0.2) is 0 Å². The molecule has 46 heavy (non-hydrogen) atoms. The van der Waals surface area contributed by atoms with Crippen molar-refractivity contribution in [2.75, 3.05) is 20.1 Å². The molecule has 9 nitrogen and oxygen atoms in total. The predicted octanol–water partition coefficient (Wildman–Crippen LogP) is 3.96. The van der Waals surface area contributed by atoms with Crippen LogP contribution in [-0.2, 0) is 20.8 Å². The molecular formula is C36H42N4O5S. The number of benzene rings is 2. The number of fused-ring (bicyclic) bond motifs is 1. The topological polar surface area (TPSA) is 116 Å². The Balaban J connectivity index is 1.23. The van der Waals surface area contributed by atoms with E-state index in [2.05, 4.69) is 35.4 Å². The van der Waals surface area contributed by atoms with Crippen molar-refractivity contribution >= 4 is 42.2 Å². The van der Waals surface area contributed by atoms with Crippen molar-refractivity contribution in [2.24, 2.45) is 11.8 Å². The molecule has 242 valence electrons. The number of hydrogen-bond acceptors (Lipinski definition) is 6. The van der Waals surface area contributed by atoms with Crippen molar-refractivity contribution in [3.63, 3.8) is 0 Å². The standard InChI is InChI=1S/C36H42N4O5S/c1-37-32(41)30(22-24-12-4-2-5-13-24)39-21-19-26(25-14-6-3-7-15-25)23-29(36(39)45)38-33(42)31(46)18-10-11-20-40-34(43)27-16-8-9-17-28(27)35(40)44/h2-9,12-14,16-17,25-26,29-31,46H,10-11,15,18-23H2,1H3,(H,37,41)(H,38,42)/t25?,26-,29-,30-,31-/m0/s1. The first-order chi connectivity index (χ1) is 22.3. The second kappa shape index (κ2) is 15.4. The first-order valence-electron chi connectivity index (χ1n) is 16.1. The number of imide groups is 1. The number of carbonyl (C=O) groups excluding carboxylic acids is 5. The lowest BCUT2D eigenvalue weighted by atomic mass is 9.81. The van der Waals surface area contributed by atoms with E-state index in [1.54, 1.807) is 36.2 Å². The summed E-state index contributed by atoms with van der Waals surface area (Å²) in [6, 6.07) is 14.9. The molecule has 2 heterocycles. The molecule has 5 amide bonds. The molecule has 2 N–H and O–H groups in total. The van der Waals surface area contributed by atoms with Gasteiger partial charge in [-0.25, -0.2) is 0 Å². The highest BCUT2D eigenvalue weighted by Crippen LogP contribution is 2.32. The zero-order chi connectivity index (χ0) is 32.6. The van der Waals surface area contributed by atoms with Gasteiger partial charge in [0, 0.05) is 26.6 Å². The van der Waals surface area contributed by atoms with Gasteiger partial charge < -0.3 is 15.5 Å². The molecule has 2 aliphatic heterocycles. The quantitative estimate of drug-likeness (QED) is 0.184. The summed E-state index contributed by atoms with van der Waals surface area (Å²) in [6.45, 7) is 0.675. The fourth-order valence-corrected chi connectivity index (χ4v) is 6.96. The van der Waals surface area contributed by atoms with Gasteiger partial charge in [0.25, 0.3) is 11.8 Å². The SMILES string of the molecule is CNC(=O)[C@H](Cc1ccccc1)N1CC[C@H](C2C=CC=CC2)C[C@H](NC(=O)[C@@H](S)CCCCN2C(=O)c3ccccc3C2=O)C1=O. The number of thiol groups is 1. The van der Waals surface area contributed by atoms with Gasteiger partial charge in [0.05, 0.1) is 16.4 Å². The summed E-state index contributed by atoms with van der Waals surface area (Å²) in [5, 5.41) is 5.05. The average molecular weight is 643 g/mol. The third kappa shape index (κ3) is 7.61. The first kappa shape index (κ1) is 33.2. The summed E-state index contributed by atoms with van der Waals surface area (Å²) in [6.07, 6.45) is 12.3. The summed E-state index contributed by atoms with van der Waals surface area (Å²) in [4.78, 5) is 69.0. The predicted molar refractivity (Wildman–Crippen MR) is 179 cm³/mol. The van der Waals surface area contributed by atoms with E-state index in [1.165, 1.54) is 4.90 Å². The van der Waals surface area contributed by atoms with Crippen LogP contribution in [0.2, 0.25) is 0 Å². The molecule has 0 saturated carbocycles. The molecule has 5 rings (SSSR count). The molecule has 3 aliphatic rings. The first-order valence-corrected chi connectivity index (χ1v) is 16.6. The summed E-state index contributed by atoms with van der Waals surface area (Å²) >= 11 is 4.57. The normalized spacial score (nSPS) is 22.3. The van der Waals surface area contributed by atoms with E-state index in [4.69, 9.17) is 0 Å². The third-order valence-electron chi connectivity index (χ3n) is 9.28. The number of allylic oxidation sites excluding steroid dienone is 4. The van der Waals surface area contributed by atoms with E-state index in [-0.39, 0.29) is 47.9 Å². The van der Waals surface area contributed by atoms with Crippen molar-refractivity contribution in [3.8, 4) is 0 Å². The Kier molecular flexibility index (Phi) is 11.1. The Hall–Kier alpha value is -4.18. The van der Waals surface area contributed by atoms with Crippen LogP contribution in [0.3, 0.4) is 0 Å². The Morgan fingerprint density at radius 3 is 2.28 bits per heavy atom. The summed E-state index contributed by atoms with van der Waals surface area (Å²) in [5.41, 5.74) is 1.78. The molecule has 1 unspecified atom stereocenters. The van der Waals surface area contributed by atoms with Crippen molar-refractivity contribution < 1.29 is 24.0 Å². The number of carbonyl (C=O) groups is 5. The van der Waals surface area contributed by atoms with Gasteiger partial charge in [-0.2, -0.15) is 12.6 Å². The van der Waals surface area contributed by atoms with E-state index in [1.807, 2.05) is 42.5 Å². The maximum atomic E-state index is 14.2. The number of likely N-dealkylation sites (N-methyl/N-ethyl adjacent to an activating group) is 1. The van der Waals surface area contributed by atoms with Crippen LogP contribution in [0.1, 0.15) is 64.8 Å². The van der Waals surface area contributed by atoms with Crippen LogP contribution >= 0.6 is 12.6 Å². The van der Waals surface area contributed by atoms with Gasteiger partial charge in [-0.3, -0.25) is 28.9 Å². The molecule has 5 atom stereocenters. The maximum absolute atomic E-state index is 14.2. The molecule has 2 aromatic rings. The molecule has 10 heteroatoms. The smallest absolute Gasteiger partial charge is 0.261 e. The zero-order valence-electron chi connectivity index (χ0n) is 26.1. The Bertz CT molecular complexity index is 1470. The van der Waals surface area contributed by atoms with E-state index in [9.17, 15) is 24.0 Å². The minimum absolute atomic E-state index is 0.139. The van der Waals surface area contributed by atoms with Gasteiger partial charge in [-0.05, 0) is 61.6 Å². The summed E-state index contributed by atoms with van der Waals surface area (Å²) < 4.78 is 0. The fourth-order valence-electron chi connectivity index (χ4n) is 6.70. The van der Waals surface area contributed by atoms with Crippen molar-refractivity contribution in [1.29, 1.82) is 0 Å². The van der Waals surface area contributed by atoms with Gasteiger partial charge in [-0.15, -0.1) is 0 Å². The van der Waals surface area contributed by atoms with Crippen LogP contribution in [0, 0.1) is 11.8 Å². The molecule has 1 saturated heterocycles. The lowest BCUT2D eigenvalue weighted by Crippen LogP contribution is -2.56. The molecule has 0 bridgehead atoms. The summed E-state index contributed by atoms with van der Waals surface area (Å²) in [7, 11) is 1.57. The second-order valence-electron chi connectivity index (χ2n) is 12.2. The number of hydrogen-bond donors (Lipinski definition) is 3. The highest BCUT2D eigenvalue weighted by atomic mass is 32.1. The largest absolute Gasteiger partial charge is 0.357 e. The molecule has 0 radical (unpaired) electrons. The fraction of sp³-hybridized carbons (Fsp3) is 0.417. The lowest BCUT2D eigenvalue weighted by molar-refractivity contribution is -0.142. The number of rotatable bonds is 12. The van der Waals surface area contributed by atoms with Crippen molar-refractivity contribution in [1.82, 2.24) is 20.4 Å². The van der Waals surface area contributed by atoms with Crippen LogP contribution in [-0.4, -0.2) is 76.8 Å². The maximum Gasteiger partial charge on any atom is 0.261 e. The molecule has 0 spiro atoms. The number of unbranched alkanes of at least 4 members (excludes halogenated alkanes) is 1. The minimum Gasteiger partial charge on any atom is -0.357 e. The Morgan fingerprint density at radius 2 is 1.63 bits per heavy atom. The molecule has 1 aliphatic carbocycles. The van der Waals surface area contributed by atoms with E-state index < -0.39 is 17.3 Å². The van der Waals surface area contributed by atoms with Gasteiger partial charge in [0.1, 0.15) is 12.1 Å². The number of nitrogens with one attached hydrogen (secondary N) is 2. The van der Waals surface area contributed by atoms with Crippen molar-refractivity contribution in [3.05, 3.63) is 95.6 Å². The molecular weight excluding hydrogens is 600 g/mol. The zero-order valence-corrected chi connectivity index (χ0v) is 27.0. The number of nitrogens with zero attached hydrogens (tertiary/aromatic N) is 2. The molecule has 1 fully saturated rings. The third-order valence-corrected chi connectivity index (χ3v) is 9.78. The molecule has 2 aromatic carbocycles. The second-order valence-corrected chi connectivity index (χ2v) is 12.9. The van der Waals surface area contributed by atoms with Crippen LogP contribution in [0.15, 0.2) is 78.9 Å². The van der Waals surface area contributed by atoms with Crippen LogP contribution in [0.5, 0.6) is 0 Å².